The molecule has 5 nitrogen and oxygen atoms in total. The summed E-state index contributed by atoms with van der Waals surface area (Å²) in [6.45, 7) is 6.62. The van der Waals surface area contributed by atoms with Gasteiger partial charge >= 0.3 is 5.97 Å². The monoisotopic (exact) mass is 282 g/mol. The lowest BCUT2D eigenvalue weighted by atomic mass is 9.76. The Morgan fingerprint density at radius 3 is 2.35 bits per heavy atom. The Bertz CT molecular complexity index is 366. The van der Waals surface area contributed by atoms with Crippen LogP contribution in [0.25, 0.3) is 0 Å². The molecule has 0 rings (SSSR count). The second-order valence-corrected chi connectivity index (χ2v) is 6.03. The third-order valence-electron chi connectivity index (χ3n) is 3.41. The maximum absolute atomic E-state index is 12.0. The molecule has 20 heavy (non-hydrogen) atoms. The van der Waals surface area contributed by atoms with Crippen molar-refractivity contribution in [3.8, 4) is 12.3 Å². The molecule has 0 aliphatic heterocycles. The molecule has 0 heterocycles. The molecule has 0 radical (unpaired) electrons. The third-order valence-corrected chi connectivity index (χ3v) is 3.41. The highest BCUT2D eigenvalue weighted by Gasteiger charge is 2.25. The van der Waals surface area contributed by atoms with Gasteiger partial charge in [0.25, 0.3) is 0 Å². The molecule has 0 saturated heterocycles. The summed E-state index contributed by atoms with van der Waals surface area (Å²) in [4.78, 5) is 23.9. The van der Waals surface area contributed by atoms with Gasteiger partial charge in [0.05, 0.1) is 6.54 Å². The number of carboxylic acid groups (broad SMARTS) is 1. The van der Waals surface area contributed by atoms with Gasteiger partial charge < -0.3 is 15.7 Å². The first-order chi connectivity index (χ1) is 9.22. The van der Waals surface area contributed by atoms with Crippen molar-refractivity contribution in [2.45, 2.75) is 40.0 Å². The van der Waals surface area contributed by atoms with E-state index in [0.29, 0.717) is 25.3 Å². The first-order valence-corrected chi connectivity index (χ1v) is 6.85. The van der Waals surface area contributed by atoms with E-state index in [-0.39, 0.29) is 24.4 Å². The number of carbonyl (C=O) groups excluding carboxylic acids is 1. The molecule has 114 valence electrons. The summed E-state index contributed by atoms with van der Waals surface area (Å²) in [6.07, 6.45) is 7.01. The number of terminal acetylenes is 1. The zero-order valence-corrected chi connectivity index (χ0v) is 12.7. The Hall–Kier alpha value is -1.54. The van der Waals surface area contributed by atoms with E-state index in [1.807, 2.05) is 0 Å². The fraction of sp³-hybridized carbons (Fsp3) is 0.733. The molecule has 1 amide bonds. The number of rotatable bonds is 8. The smallest absolute Gasteiger partial charge is 0.323 e. The topological polar surface area (TPSA) is 83.6 Å². The Balaban J connectivity index is 4.55. The van der Waals surface area contributed by atoms with Crippen molar-refractivity contribution in [2.75, 3.05) is 19.6 Å². The average molecular weight is 282 g/mol. The van der Waals surface area contributed by atoms with E-state index < -0.39 is 5.97 Å². The molecular weight excluding hydrogens is 256 g/mol. The van der Waals surface area contributed by atoms with Crippen LogP contribution in [0.15, 0.2) is 0 Å². The van der Waals surface area contributed by atoms with Crippen LogP contribution in [0.5, 0.6) is 0 Å². The van der Waals surface area contributed by atoms with Crippen molar-refractivity contribution in [1.29, 1.82) is 0 Å². The van der Waals surface area contributed by atoms with Gasteiger partial charge in [0, 0.05) is 6.42 Å². The van der Waals surface area contributed by atoms with Crippen molar-refractivity contribution in [1.82, 2.24) is 4.90 Å². The highest BCUT2D eigenvalue weighted by Crippen LogP contribution is 2.32. The van der Waals surface area contributed by atoms with Gasteiger partial charge in [-0.1, -0.05) is 26.7 Å². The summed E-state index contributed by atoms with van der Waals surface area (Å²) >= 11 is 0. The molecule has 1 atom stereocenters. The van der Waals surface area contributed by atoms with E-state index in [4.69, 9.17) is 17.3 Å². The fourth-order valence-corrected chi connectivity index (χ4v) is 2.17. The van der Waals surface area contributed by atoms with Crippen molar-refractivity contribution in [3.05, 3.63) is 0 Å². The SMILES string of the molecule is C#CCN(CC(=O)O)C(=O)CCC(CCN)C(C)(C)C. The number of aliphatic carboxylic acids is 1. The summed E-state index contributed by atoms with van der Waals surface area (Å²) in [6, 6.07) is 0. The average Bonchev–Trinajstić information content (AvgIpc) is 2.31. The Morgan fingerprint density at radius 1 is 1.35 bits per heavy atom. The lowest BCUT2D eigenvalue weighted by molar-refractivity contribution is -0.144. The molecule has 0 aliphatic carbocycles. The summed E-state index contributed by atoms with van der Waals surface area (Å²) in [7, 11) is 0. The van der Waals surface area contributed by atoms with Gasteiger partial charge in [-0.15, -0.1) is 6.42 Å². The molecule has 0 aliphatic rings. The van der Waals surface area contributed by atoms with Crippen molar-refractivity contribution in [3.63, 3.8) is 0 Å². The second kappa shape index (κ2) is 8.60. The minimum absolute atomic E-state index is 0.0300. The molecule has 1 unspecified atom stereocenters. The van der Waals surface area contributed by atoms with Gasteiger partial charge in [0.1, 0.15) is 6.54 Å². The maximum Gasteiger partial charge on any atom is 0.323 e. The predicted octanol–water partition coefficient (Wildman–Crippen LogP) is 1.32. The van der Waals surface area contributed by atoms with E-state index in [1.165, 1.54) is 4.90 Å². The second-order valence-electron chi connectivity index (χ2n) is 6.03. The summed E-state index contributed by atoms with van der Waals surface area (Å²) in [5.74, 6) is 1.38. The van der Waals surface area contributed by atoms with Crippen LogP contribution in [0.1, 0.15) is 40.0 Å². The predicted molar refractivity (Wildman–Crippen MR) is 78.9 cm³/mol. The van der Waals surface area contributed by atoms with Crippen LogP contribution in [0.2, 0.25) is 0 Å². The van der Waals surface area contributed by atoms with E-state index in [0.717, 1.165) is 6.42 Å². The number of hydrogen-bond donors (Lipinski definition) is 2. The molecule has 0 aromatic heterocycles. The van der Waals surface area contributed by atoms with Crippen LogP contribution in [-0.2, 0) is 9.59 Å². The standard InChI is InChI=1S/C15H26N2O3/c1-5-10-17(11-14(19)20)13(18)7-6-12(8-9-16)15(2,3)4/h1,12H,6-11,16H2,2-4H3,(H,19,20). The summed E-state index contributed by atoms with van der Waals surface area (Å²) in [5.41, 5.74) is 5.68. The van der Waals surface area contributed by atoms with Crippen LogP contribution in [-0.4, -0.2) is 41.5 Å². The van der Waals surface area contributed by atoms with Crippen LogP contribution >= 0.6 is 0 Å². The number of amides is 1. The number of nitrogens with zero attached hydrogens (tertiary/aromatic N) is 1. The highest BCUT2D eigenvalue weighted by atomic mass is 16.4. The molecule has 0 aromatic carbocycles. The fourth-order valence-electron chi connectivity index (χ4n) is 2.17. The lowest BCUT2D eigenvalue weighted by Crippen LogP contribution is -2.36. The summed E-state index contributed by atoms with van der Waals surface area (Å²) in [5, 5.41) is 8.77. The largest absolute Gasteiger partial charge is 0.480 e. The molecule has 0 saturated carbocycles. The van der Waals surface area contributed by atoms with Crippen molar-refractivity contribution < 1.29 is 14.7 Å². The first kappa shape index (κ1) is 18.5. The van der Waals surface area contributed by atoms with Gasteiger partial charge in [0.15, 0.2) is 0 Å². The van der Waals surface area contributed by atoms with Crippen LogP contribution in [0, 0.1) is 23.7 Å². The Morgan fingerprint density at radius 2 is 1.95 bits per heavy atom. The molecular formula is C15H26N2O3. The van der Waals surface area contributed by atoms with Gasteiger partial charge in [-0.2, -0.15) is 0 Å². The molecule has 0 fully saturated rings. The van der Waals surface area contributed by atoms with Crippen LogP contribution in [0.3, 0.4) is 0 Å². The molecule has 0 spiro atoms. The van der Waals surface area contributed by atoms with Crippen molar-refractivity contribution >= 4 is 11.9 Å². The molecule has 0 aromatic rings. The number of carbonyl (C=O) groups is 2. The van der Waals surface area contributed by atoms with Crippen molar-refractivity contribution in [2.24, 2.45) is 17.1 Å². The van der Waals surface area contributed by atoms with E-state index in [1.54, 1.807) is 0 Å². The normalized spacial score (nSPS) is 12.6. The quantitative estimate of drug-likeness (QED) is 0.658. The van der Waals surface area contributed by atoms with Gasteiger partial charge in [0.2, 0.25) is 5.91 Å². The maximum atomic E-state index is 12.0. The highest BCUT2D eigenvalue weighted by molar-refractivity contribution is 5.81. The summed E-state index contributed by atoms with van der Waals surface area (Å²) < 4.78 is 0. The zero-order valence-electron chi connectivity index (χ0n) is 12.7. The van der Waals surface area contributed by atoms with E-state index in [9.17, 15) is 9.59 Å². The van der Waals surface area contributed by atoms with E-state index in [2.05, 4.69) is 26.7 Å². The molecule has 0 bridgehead atoms. The van der Waals surface area contributed by atoms with Crippen LogP contribution in [0.4, 0.5) is 0 Å². The number of carboxylic acids is 1. The first-order valence-electron chi connectivity index (χ1n) is 6.85. The zero-order chi connectivity index (χ0) is 15.8. The molecule has 3 N–H and O–H groups in total. The third kappa shape index (κ3) is 7.15. The van der Waals surface area contributed by atoms with Gasteiger partial charge in [-0.25, -0.2) is 0 Å². The minimum Gasteiger partial charge on any atom is -0.480 e. The Labute approximate surface area is 121 Å². The number of nitrogens with two attached hydrogens (primary N) is 1. The van der Waals surface area contributed by atoms with E-state index >= 15 is 0 Å². The van der Waals surface area contributed by atoms with Gasteiger partial charge in [-0.3, -0.25) is 9.59 Å². The molecule has 5 heteroatoms. The lowest BCUT2D eigenvalue weighted by Gasteiger charge is -2.31. The number of hydrogen-bond acceptors (Lipinski definition) is 3. The van der Waals surface area contributed by atoms with Crippen LogP contribution < -0.4 is 5.73 Å². The Kier molecular flexibility index (Phi) is 7.93. The minimum atomic E-state index is -1.05. The van der Waals surface area contributed by atoms with Gasteiger partial charge in [-0.05, 0) is 30.7 Å².